The predicted molar refractivity (Wildman–Crippen MR) is 42.7 cm³/mol. The summed E-state index contributed by atoms with van der Waals surface area (Å²) in [6.45, 7) is 8.77. The number of hydrogen-bond donors (Lipinski definition) is 1. The molecule has 4 unspecified atom stereocenters. The second-order valence-corrected chi connectivity index (χ2v) is 3.93. The van der Waals surface area contributed by atoms with Gasteiger partial charge in [-0.2, -0.15) is 0 Å². The molecule has 1 fully saturated rings. The SMILES string of the molecule is CC1C(C)C(C)C(O)C1C. The maximum Gasteiger partial charge on any atom is 0.0596 e. The van der Waals surface area contributed by atoms with Crippen molar-refractivity contribution in [2.75, 3.05) is 0 Å². The fourth-order valence-electron chi connectivity index (χ4n) is 2.06. The van der Waals surface area contributed by atoms with Crippen molar-refractivity contribution in [3.8, 4) is 0 Å². The zero-order valence-corrected chi connectivity index (χ0v) is 7.33. The van der Waals surface area contributed by atoms with E-state index >= 15 is 0 Å². The first-order valence-corrected chi connectivity index (χ1v) is 4.23. The fourth-order valence-corrected chi connectivity index (χ4v) is 2.06. The van der Waals surface area contributed by atoms with Gasteiger partial charge >= 0.3 is 0 Å². The maximum absolute atomic E-state index is 9.61. The van der Waals surface area contributed by atoms with E-state index in [-0.39, 0.29) is 6.10 Å². The van der Waals surface area contributed by atoms with Crippen LogP contribution in [0.1, 0.15) is 27.7 Å². The van der Waals surface area contributed by atoms with Crippen LogP contribution in [0.5, 0.6) is 0 Å². The van der Waals surface area contributed by atoms with E-state index in [1.165, 1.54) is 0 Å². The molecule has 0 radical (unpaired) electrons. The molecule has 1 rings (SSSR count). The van der Waals surface area contributed by atoms with Gasteiger partial charge in [-0.3, -0.25) is 0 Å². The first-order chi connectivity index (χ1) is 4.55. The number of aliphatic hydroxyl groups is 1. The maximum atomic E-state index is 9.61. The van der Waals surface area contributed by atoms with Gasteiger partial charge in [0.15, 0.2) is 0 Å². The minimum Gasteiger partial charge on any atom is -0.393 e. The van der Waals surface area contributed by atoms with Crippen LogP contribution in [0.4, 0.5) is 0 Å². The molecule has 1 saturated carbocycles. The van der Waals surface area contributed by atoms with E-state index in [9.17, 15) is 5.11 Å². The molecule has 0 aliphatic heterocycles. The van der Waals surface area contributed by atoms with E-state index in [1.54, 1.807) is 0 Å². The summed E-state index contributed by atoms with van der Waals surface area (Å²) in [7, 11) is 0. The average molecular weight is 142 g/mol. The van der Waals surface area contributed by atoms with Crippen LogP contribution < -0.4 is 0 Å². The monoisotopic (exact) mass is 142 g/mol. The number of hydrogen-bond acceptors (Lipinski definition) is 1. The highest BCUT2D eigenvalue weighted by atomic mass is 16.3. The predicted octanol–water partition coefficient (Wildman–Crippen LogP) is 1.91. The van der Waals surface area contributed by atoms with Crippen LogP contribution in [0, 0.1) is 23.7 Å². The molecular weight excluding hydrogens is 124 g/mol. The lowest BCUT2D eigenvalue weighted by Crippen LogP contribution is -2.18. The molecule has 0 saturated heterocycles. The van der Waals surface area contributed by atoms with Gasteiger partial charge in [0, 0.05) is 0 Å². The van der Waals surface area contributed by atoms with Crippen molar-refractivity contribution >= 4 is 0 Å². The standard InChI is InChI=1S/C9H18O/c1-5-6(2)8(4)9(10)7(5)3/h5-10H,1-4H3. The van der Waals surface area contributed by atoms with E-state index in [0.717, 1.165) is 0 Å². The third-order valence-electron chi connectivity index (χ3n) is 3.57. The summed E-state index contributed by atoms with van der Waals surface area (Å²) in [6.07, 6.45) is -0.0648. The summed E-state index contributed by atoms with van der Waals surface area (Å²) in [4.78, 5) is 0. The molecule has 0 bridgehead atoms. The number of aliphatic hydroxyl groups excluding tert-OH is 1. The van der Waals surface area contributed by atoms with Crippen LogP contribution in [0.15, 0.2) is 0 Å². The molecule has 1 nitrogen and oxygen atoms in total. The lowest BCUT2D eigenvalue weighted by atomic mass is 9.92. The summed E-state index contributed by atoms with van der Waals surface area (Å²) in [6, 6.07) is 0. The quantitative estimate of drug-likeness (QED) is 0.547. The first-order valence-electron chi connectivity index (χ1n) is 4.23. The Morgan fingerprint density at radius 1 is 0.700 bits per heavy atom. The minimum atomic E-state index is -0.0648. The molecule has 0 aromatic heterocycles. The average Bonchev–Trinajstić information content (AvgIpc) is 2.07. The number of rotatable bonds is 0. The third kappa shape index (κ3) is 0.968. The topological polar surface area (TPSA) is 20.2 Å². The molecule has 10 heavy (non-hydrogen) atoms. The van der Waals surface area contributed by atoms with Gasteiger partial charge in [0.1, 0.15) is 0 Å². The minimum absolute atomic E-state index is 0.0648. The van der Waals surface area contributed by atoms with Crippen LogP contribution in [-0.2, 0) is 0 Å². The molecule has 0 amide bonds. The van der Waals surface area contributed by atoms with E-state index in [4.69, 9.17) is 0 Å². The summed E-state index contributed by atoms with van der Waals surface area (Å²) in [5.74, 6) is 2.35. The van der Waals surface area contributed by atoms with E-state index < -0.39 is 0 Å². The molecule has 1 N–H and O–H groups in total. The van der Waals surface area contributed by atoms with Crippen LogP contribution in [0.2, 0.25) is 0 Å². The molecule has 60 valence electrons. The molecule has 4 atom stereocenters. The Kier molecular flexibility index (Phi) is 2.04. The highest BCUT2D eigenvalue weighted by molar-refractivity contribution is 4.88. The fraction of sp³-hybridized carbons (Fsp3) is 1.00. The smallest absolute Gasteiger partial charge is 0.0596 e. The molecule has 1 aliphatic rings. The Labute approximate surface area is 63.4 Å². The second-order valence-electron chi connectivity index (χ2n) is 3.93. The summed E-state index contributed by atoms with van der Waals surface area (Å²) in [5.41, 5.74) is 0. The Hall–Kier alpha value is -0.0400. The van der Waals surface area contributed by atoms with Gasteiger partial charge in [0.05, 0.1) is 6.10 Å². The summed E-state index contributed by atoms with van der Waals surface area (Å²) < 4.78 is 0. The molecule has 1 aliphatic carbocycles. The molecule has 0 heterocycles. The first kappa shape index (κ1) is 8.06. The van der Waals surface area contributed by atoms with Gasteiger partial charge in [-0.05, 0) is 23.7 Å². The Morgan fingerprint density at radius 3 is 1.10 bits per heavy atom. The Morgan fingerprint density at radius 2 is 1.00 bits per heavy atom. The van der Waals surface area contributed by atoms with Gasteiger partial charge in [-0.1, -0.05) is 27.7 Å². The Bertz CT molecular complexity index is 77.1. The van der Waals surface area contributed by atoms with Crippen LogP contribution in [0.3, 0.4) is 0 Å². The van der Waals surface area contributed by atoms with E-state index in [1.807, 2.05) is 0 Å². The van der Waals surface area contributed by atoms with Gasteiger partial charge in [0.25, 0.3) is 0 Å². The zero-order chi connectivity index (χ0) is 7.89. The largest absolute Gasteiger partial charge is 0.393 e. The van der Waals surface area contributed by atoms with Crippen molar-refractivity contribution < 1.29 is 5.11 Å². The van der Waals surface area contributed by atoms with Crippen molar-refractivity contribution in [2.45, 2.75) is 33.8 Å². The molecule has 0 aromatic rings. The summed E-state index contributed by atoms with van der Waals surface area (Å²) in [5, 5.41) is 9.61. The van der Waals surface area contributed by atoms with Crippen LogP contribution >= 0.6 is 0 Å². The lowest BCUT2D eigenvalue weighted by Gasteiger charge is -2.13. The molecular formula is C9H18O. The summed E-state index contributed by atoms with van der Waals surface area (Å²) >= 11 is 0. The van der Waals surface area contributed by atoms with Crippen molar-refractivity contribution in [1.29, 1.82) is 0 Å². The van der Waals surface area contributed by atoms with Crippen molar-refractivity contribution in [3.05, 3.63) is 0 Å². The van der Waals surface area contributed by atoms with Gasteiger partial charge in [-0.15, -0.1) is 0 Å². The third-order valence-corrected chi connectivity index (χ3v) is 3.57. The normalized spacial score (nSPS) is 55.5. The lowest BCUT2D eigenvalue weighted by molar-refractivity contribution is 0.0955. The van der Waals surface area contributed by atoms with Crippen LogP contribution in [-0.4, -0.2) is 11.2 Å². The van der Waals surface area contributed by atoms with E-state index in [0.29, 0.717) is 23.7 Å². The highest BCUT2D eigenvalue weighted by Crippen LogP contribution is 2.40. The van der Waals surface area contributed by atoms with Crippen molar-refractivity contribution in [2.24, 2.45) is 23.7 Å². The highest BCUT2D eigenvalue weighted by Gasteiger charge is 2.39. The Balaban J connectivity index is 2.68. The molecule has 0 aromatic carbocycles. The van der Waals surface area contributed by atoms with Gasteiger partial charge < -0.3 is 5.11 Å². The van der Waals surface area contributed by atoms with Crippen molar-refractivity contribution in [3.63, 3.8) is 0 Å². The van der Waals surface area contributed by atoms with Crippen molar-refractivity contribution in [1.82, 2.24) is 0 Å². The van der Waals surface area contributed by atoms with Gasteiger partial charge in [0.2, 0.25) is 0 Å². The molecule has 0 spiro atoms. The second kappa shape index (κ2) is 2.54. The molecule has 1 heteroatoms. The van der Waals surface area contributed by atoms with Crippen LogP contribution in [0.25, 0.3) is 0 Å². The van der Waals surface area contributed by atoms with E-state index in [2.05, 4.69) is 27.7 Å². The van der Waals surface area contributed by atoms with Gasteiger partial charge in [-0.25, -0.2) is 0 Å². The zero-order valence-electron chi connectivity index (χ0n) is 7.33.